The molecule has 0 radical (unpaired) electrons. The fourth-order valence-corrected chi connectivity index (χ4v) is 0.807. The number of Topliss-reactive ketones (excluding diaryl/α,β-unsaturated/α-hetero) is 1. The zero-order valence-corrected chi connectivity index (χ0v) is 5.15. The Morgan fingerprint density at radius 3 is 2.88 bits per heavy atom. The van der Waals surface area contributed by atoms with Crippen LogP contribution in [-0.4, -0.2) is 24.4 Å². The molecule has 1 fully saturated rings. The summed E-state index contributed by atoms with van der Waals surface area (Å²) >= 11 is 5.49. The number of carbonyl (C=O) groups excluding carboxylic acids is 1. The van der Waals surface area contributed by atoms with Crippen LogP contribution in [0.3, 0.4) is 0 Å². The molecule has 0 aromatic rings. The molecule has 0 aromatic carbocycles. The van der Waals surface area contributed by atoms with Gasteiger partial charge >= 0.3 is 0 Å². The zero-order chi connectivity index (χ0) is 5.98. The molecule has 0 amide bonds. The van der Waals surface area contributed by atoms with E-state index in [1.165, 1.54) is 0 Å². The molecule has 0 N–H and O–H groups in total. The van der Waals surface area contributed by atoms with Crippen molar-refractivity contribution in [2.75, 3.05) is 13.2 Å². The van der Waals surface area contributed by atoms with Crippen molar-refractivity contribution >= 4 is 17.4 Å². The summed E-state index contributed by atoms with van der Waals surface area (Å²) in [7, 11) is 0. The standard InChI is InChI=1S/C5H7ClO2/c6-4-3-8-2-1-5(4)7/h4H,1-3H2/t4-/m0/s1. The first-order valence-electron chi connectivity index (χ1n) is 2.55. The Morgan fingerprint density at radius 1 is 1.75 bits per heavy atom. The zero-order valence-electron chi connectivity index (χ0n) is 4.39. The summed E-state index contributed by atoms with van der Waals surface area (Å²) in [6, 6.07) is 0. The highest BCUT2D eigenvalue weighted by atomic mass is 35.5. The number of hydrogen-bond acceptors (Lipinski definition) is 2. The summed E-state index contributed by atoms with van der Waals surface area (Å²) in [6.45, 7) is 0.933. The van der Waals surface area contributed by atoms with Gasteiger partial charge in [0.25, 0.3) is 0 Å². The molecule has 1 rings (SSSR count). The average Bonchev–Trinajstić information content (AvgIpc) is 1.77. The average molecular weight is 135 g/mol. The summed E-state index contributed by atoms with van der Waals surface area (Å²) in [5, 5.41) is -0.385. The van der Waals surface area contributed by atoms with E-state index in [1.54, 1.807) is 0 Å². The van der Waals surface area contributed by atoms with Crippen LogP contribution in [-0.2, 0) is 9.53 Å². The maximum absolute atomic E-state index is 10.6. The second-order valence-corrected chi connectivity index (χ2v) is 2.29. The fourth-order valence-electron chi connectivity index (χ4n) is 0.609. The molecular formula is C5H7ClO2. The van der Waals surface area contributed by atoms with E-state index in [-0.39, 0.29) is 11.2 Å². The van der Waals surface area contributed by atoms with Crippen LogP contribution in [0.1, 0.15) is 6.42 Å². The van der Waals surface area contributed by atoms with Crippen molar-refractivity contribution in [1.82, 2.24) is 0 Å². The lowest BCUT2D eigenvalue weighted by Gasteiger charge is -2.13. The van der Waals surface area contributed by atoms with Crippen molar-refractivity contribution in [2.24, 2.45) is 0 Å². The Labute approximate surface area is 52.8 Å². The van der Waals surface area contributed by atoms with E-state index in [0.717, 1.165) is 0 Å². The van der Waals surface area contributed by atoms with Crippen LogP contribution in [0.15, 0.2) is 0 Å². The van der Waals surface area contributed by atoms with E-state index >= 15 is 0 Å². The molecule has 1 aliphatic rings. The predicted molar refractivity (Wildman–Crippen MR) is 30.1 cm³/mol. The topological polar surface area (TPSA) is 26.3 Å². The summed E-state index contributed by atoms with van der Waals surface area (Å²) in [6.07, 6.45) is 0.480. The Bertz CT molecular complexity index is 103. The number of ketones is 1. The van der Waals surface area contributed by atoms with E-state index < -0.39 is 0 Å². The maximum atomic E-state index is 10.6. The first-order chi connectivity index (χ1) is 3.80. The Hall–Kier alpha value is -0.0800. The maximum Gasteiger partial charge on any atom is 0.155 e. The van der Waals surface area contributed by atoms with Gasteiger partial charge in [0.1, 0.15) is 5.38 Å². The molecule has 0 bridgehead atoms. The van der Waals surface area contributed by atoms with Gasteiger partial charge in [-0.25, -0.2) is 0 Å². The van der Waals surface area contributed by atoms with Crippen LogP contribution in [0, 0.1) is 0 Å². The number of alkyl halides is 1. The van der Waals surface area contributed by atoms with Crippen LogP contribution in [0.25, 0.3) is 0 Å². The Kier molecular flexibility index (Phi) is 1.86. The van der Waals surface area contributed by atoms with Crippen LogP contribution in [0.5, 0.6) is 0 Å². The van der Waals surface area contributed by atoms with Crippen molar-refractivity contribution in [3.8, 4) is 0 Å². The van der Waals surface area contributed by atoms with Crippen molar-refractivity contribution < 1.29 is 9.53 Å². The predicted octanol–water partition coefficient (Wildman–Crippen LogP) is 0.583. The van der Waals surface area contributed by atoms with Crippen LogP contribution in [0.4, 0.5) is 0 Å². The second kappa shape index (κ2) is 2.46. The molecule has 3 heteroatoms. The van der Waals surface area contributed by atoms with Crippen LogP contribution >= 0.6 is 11.6 Å². The van der Waals surface area contributed by atoms with Gasteiger partial charge < -0.3 is 4.74 Å². The number of ether oxygens (including phenoxy) is 1. The third kappa shape index (κ3) is 1.20. The number of hydrogen-bond donors (Lipinski definition) is 0. The van der Waals surface area contributed by atoms with Crippen molar-refractivity contribution in [2.45, 2.75) is 11.8 Å². The van der Waals surface area contributed by atoms with Crippen molar-refractivity contribution in [3.05, 3.63) is 0 Å². The SMILES string of the molecule is O=C1CCOC[C@@H]1Cl. The largest absolute Gasteiger partial charge is 0.379 e. The molecule has 0 saturated carbocycles. The minimum Gasteiger partial charge on any atom is -0.379 e. The molecule has 1 saturated heterocycles. The number of rotatable bonds is 0. The molecule has 0 aromatic heterocycles. The van der Waals surface area contributed by atoms with Gasteiger partial charge in [-0.3, -0.25) is 4.79 Å². The lowest BCUT2D eigenvalue weighted by atomic mass is 10.2. The second-order valence-electron chi connectivity index (χ2n) is 1.76. The van der Waals surface area contributed by atoms with Gasteiger partial charge in [0.15, 0.2) is 5.78 Å². The third-order valence-corrected chi connectivity index (χ3v) is 1.48. The lowest BCUT2D eigenvalue weighted by Crippen LogP contribution is -2.27. The summed E-state index contributed by atoms with van der Waals surface area (Å²) in [4.78, 5) is 10.6. The Balaban J connectivity index is 2.39. The minimum absolute atomic E-state index is 0.109. The lowest BCUT2D eigenvalue weighted by molar-refractivity contribution is -0.123. The van der Waals surface area contributed by atoms with E-state index in [0.29, 0.717) is 19.6 Å². The first-order valence-corrected chi connectivity index (χ1v) is 2.99. The van der Waals surface area contributed by atoms with Crippen molar-refractivity contribution in [1.29, 1.82) is 0 Å². The van der Waals surface area contributed by atoms with Gasteiger partial charge in [0.05, 0.1) is 13.2 Å². The highest BCUT2D eigenvalue weighted by Crippen LogP contribution is 2.07. The summed E-state index contributed by atoms with van der Waals surface area (Å²) < 4.78 is 4.90. The van der Waals surface area contributed by atoms with Gasteiger partial charge in [0.2, 0.25) is 0 Å². The third-order valence-electron chi connectivity index (χ3n) is 1.11. The van der Waals surface area contributed by atoms with Gasteiger partial charge in [-0.15, -0.1) is 11.6 Å². The molecule has 0 spiro atoms. The molecule has 8 heavy (non-hydrogen) atoms. The molecule has 1 aliphatic heterocycles. The highest BCUT2D eigenvalue weighted by Gasteiger charge is 2.19. The summed E-state index contributed by atoms with van der Waals surface area (Å²) in [5.41, 5.74) is 0. The van der Waals surface area contributed by atoms with Gasteiger partial charge in [0, 0.05) is 6.42 Å². The van der Waals surface area contributed by atoms with E-state index in [2.05, 4.69) is 0 Å². The van der Waals surface area contributed by atoms with E-state index in [9.17, 15) is 4.79 Å². The van der Waals surface area contributed by atoms with Gasteiger partial charge in [-0.2, -0.15) is 0 Å². The first kappa shape index (κ1) is 6.05. The quantitative estimate of drug-likeness (QED) is 0.453. The molecule has 46 valence electrons. The molecule has 2 nitrogen and oxygen atoms in total. The van der Waals surface area contributed by atoms with Crippen LogP contribution < -0.4 is 0 Å². The molecule has 1 heterocycles. The molecule has 0 aliphatic carbocycles. The number of halogens is 1. The molecule has 1 atom stereocenters. The van der Waals surface area contributed by atoms with Crippen LogP contribution in [0.2, 0.25) is 0 Å². The van der Waals surface area contributed by atoms with E-state index in [4.69, 9.17) is 16.3 Å². The van der Waals surface area contributed by atoms with E-state index in [1.807, 2.05) is 0 Å². The number of carbonyl (C=O) groups is 1. The van der Waals surface area contributed by atoms with Crippen molar-refractivity contribution in [3.63, 3.8) is 0 Å². The normalized spacial score (nSPS) is 30.6. The molecule has 0 unspecified atom stereocenters. The fraction of sp³-hybridized carbons (Fsp3) is 0.800. The van der Waals surface area contributed by atoms with Gasteiger partial charge in [-0.05, 0) is 0 Å². The minimum atomic E-state index is -0.385. The summed E-state index contributed by atoms with van der Waals surface area (Å²) in [5.74, 6) is 0.109. The molecular weight excluding hydrogens is 128 g/mol. The van der Waals surface area contributed by atoms with Gasteiger partial charge in [-0.1, -0.05) is 0 Å². The monoisotopic (exact) mass is 134 g/mol. The highest BCUT2D eigenvalue weighted by molar-refractivity contribution is 6.31. The smallest absolute Gasteiger partial charge is 0.155 e. The Morgan fingerprint density at radius 2 is 2.50 bits per heavy atom.